The number of nitrogens with zero attached hydrogens (tertiary/aromatic N) is 3. The Balaban J connectivity index is 1.48. The summed E-state index contributed by atoms with van der Waals surface area (Å²) in [7, 11) is 0. The first-order chi connectivity index (χ1) is 13.4. The van der Waals surface area contributed by atoms with Crippen LogP contribution in [-0.4, -0.2) is 45.9 Å². The van der Waals surface area contributed by atoms with Crippen molar-refractivity contribution in [3.05, 3.63) is 27.1 Å². The molecule has 2 aromatic heterocycles. The number of nitrogens with one attached hydrogen (secondary N) is 1. The van der Waals surface area contributed by atoms with Gasteiger partial charge in [-0.05, 0) is 44.6 Å². The van der Waals surface area contributed by atoms with Crippen LogP contribution in [0.15, 0.2) is 11.1 Å². The summed E-state index contributed by atoms with van der Waals surface area (Å²) in [6.45, 7) is 8.08. The van der Waals surface area contributed by atoms with E-state index in [0.29, 0.717) is 35.5 Å². The molecule has 0 saturated carbocycles. The minimum Gasteiger partial charge on any atom is -0.355 e. The molecule has 28 heavy (non-hydrogen) atoms. The molecule has 7 nitrogen and oxygen atoms in total. The number of hydrogen-bond acceptors (Lipinski definition) is 5. The quantitative estimate of drug-likeness (QED) is 0.749. The molecule has 1 aliphatic heterocycles. The number of likely N-dealkylation sites (tertiary alicyclic amines) is 1. The lowest BCUT2D eigenvalue weighted by atomic mass is 10.00. The average molecular weight is 405 g/mol. The summed E-state index contributed by atoms with van der Waals surface area (Å²) in [5, 5.41) is 3.40. The van der Waals surface area contributed by atoms with E-state index in [-0.39, 0.29) is 23.9 Å². The fraction of sp³-hybridized carbons (Fsp3) is 0.600. The molecule has 1 unspecified atom stereocenters. The van der Waals surface area contributed by atoms with Gasteiger partial charge < -0.3 is 10.2 Å². The Bertz CT molecular complexity index is 933. The van der Waals surface area contributed by atoms with E-state index in [1.54, 1.807) is 0 Å². The molecule has 152 valence electrons. The third-order valence-corrected chi connectivity index (χ3v) is 6.48. The van der Waals surface area contributed by atoms with Gasteiger partial charge in [0.1, 0.15) is 11.4 Å². The molecule has 1 atom stereocenters. The van der Waals surface area contributed by atoms with Crippen molar-refractivity contribution in [2.24, 2.45) is 5.92 Å². The first kappa shape index (κ1) is 20.5. The Morgan fingerprint density at radius 1 is 1.36 bits per heavy atom. The molecule has 0 spiro atoms. The summed E-state index contributed by atoms with van der Waals surface area (Å²) in [5.74, 6) is 0.485. The Hall–Kier alpha value is -2.22. The van der Waals surface area contributed by atoms with E-state index < -0.39 is 0 Å². The molecule has 0 aliphatic carbocycles. The molecular weight excluding hydrogens is 376 g/mol. The number of carbonyl (C=O) groups excluding carboxylic acids is 2. The van der Waals surface area contributed by atoms with Gasteiger partial charge in [0.15, 0.2) is 0 Å². The van der Waals surface area contributed by atoms with Gasteiger partial charge in [-0.15, -0.1) is 11.3 Å². The molecule has 0 aromatic carbocycles. The number of thiophene rings is 1. The average Bonchev–Trinajstić information content (AvgIpc) is 2.95. The highest BCUT2D eigenvalue weighted by atomic mass is 32.1. The van der Waals surface area contributed by atoms with Crippen LogP contribution < -0.4 is 10.9 Å². The summed E-state index contributed by atoms with van der Waals surface area (Å²) in [4.78, 5) is 45.1. The largest absolute Gasteiger partial charge is 0.355 e. The fourth-order valence-corrected chi connectivity index (χ4v) is 4.62. The predicted molar refractivity (Wildman–Crippen MR) is 111 cm³/mol. The zero-order valence-corrected chi connectivity index (χ0v) is 17.6. The van der Waals surface area contributed by atoms with Crippen molar-refractivity contribution in [2.45, 2.75) is 53.0 Å². The first-order valence-corrected chi connectivity index (χ1v) is 10.7. The summed E-state index contributed by atoms with van der Waals surface area (Å²) < 4.78 is 1.34. The van der Waals surface area contributed by atoms with Crippen LogP contribution in [0.3, 0.4) is 0 Å². The standard InChI is InChI=1S/C20H28N4O3S/c1-13-6-5-9-23(10-13)17(26)7-4-8-21-16(25)11-24-12-22-19-18(20(24)27)14(2)15(3)28-19/h12-13H,4-11H2,1-3H3,(H,21,25). The Morgan fingerprint density at radius 3 is 2.89 bits per heavy atom. The molecule has 3 rings (SSSR count). The molecule has 3 heterocycles. The SMILES string of the molecule is Cc1sc2ncn(CC(=O)NCCCC(=O)N3CCCC(C)C3)c(=O)c2c1C. The van der Waals surface area contributed by atoms with Gasteiger partial charge in [0.05, 0.1) is 11.7 Å². The third kappa shape index (κ3) is 4.60. The monoisotopic (exact) mass is 404 g/mol. The number of piperidine rings is 1. The van der Waals surface area contributed by atoms with Gasteiger partial charge >= 0.3 is 0 Å². The molecule has 1 fully saturated rings. The molecule has 8 heteroatoms. The minimum atomic E-state index is -0.244. The maximum atomic E-state index is 12.6. The van der Waals surface area contributed by atoms with E-state index in [2.05, 4.69) is 17.2 Å². The second kappa shape index (κ2) is 8.86. The molecule has 0 bridgehead atoms. The Morgan fingerprint density at radius 2 is 2.14 bits per heavy atom. The van der Waals surface area contributed by atoms with Gasteiger partial charge in [-0.3, -0.25) is 19.0 Å². The van der Waals surface area contributed by atoms with Crippen molar-refractivity contribution in [1.82, 2.24) is 19.8 Å². The molecule has 2 aromatic rings. The number of aromatic nitrogens is 2. The first-order valence-electron chi connectivity index (χ1n) is 9.86. The summed E-state index contributed by atoms with van der Waals surface area (Å²) >= 11 is 1.49. The molecule has 1 saturated heterocycles. The second-order valence-electron chi connectivity index (χ2n) is 7.68. The van der Waals surface area contributed by atoms with Crippen LogP contribution in [0.5, 0.6) is 0 Å². The lowest BCUT2D eigenvalue weighted by molar-refractivity contribution is -0.133. The van der Waals surface area contributed by atoms with Gasteiger partial charge in [-0.25, -0.2) is 4.98 Å². The van der Waals surface area contributed by atoms with Gasteiger partial charge in [-0.1, -0.05) is 6.92 Å². The third-order valence-electron chi connectivity index (χ3n) is 5.37. The van der Waals surface area contributed by atoms with E-state index in [1.807, 2.05) is 18.7 Å². The molecule has 2 amide bonds. The van der Waals surface area contributed by atoms with Gasteiger partial charge in [0, 0.05) is 30.9 Å². The van der Waals surface area contributed by atoms with E-state index in [9.17, 15) is 14.4 Å². The van der Waals surface area contributed by atoms with E-state index in [0.717, 1.165) is 30.0 Å². The van der Waals surface area contributed by atoms with Crippen LogP contribution in [-0.2, 0) is 16.1 Å². The van der Waals surface area contributed by atoms with E-state index in [4.69, 9.17) is 0 Å². The number of carbonyl (C=O) groups is 2. The second-order valence-corrected chi connectivity index (χ2v) is 8.88. The lowest BCUT2D eigenvalue weighted by Crippen LogP contribution is -2.39. The van der Waals surface area contributed by atoms with Crippen molar-refractivity contribution in [3.63, 3.8) is 0 Å². The minimum absolute atomic E-state index is 0.0618. The highest BCUT2D eigenvalue weighted by Crippen LogP contribution is 2.25. The van der Waals surface area contributed by atoms with E-state index in [1.165, 1.54) is 28.7 Å². The van der Waals surface area contributed by atoms with Crippen LogP contribution in [0.25, 0.3) is 10.2 Å². The van der Waals surface area contributed by atoms with Crippen LogP contribution in [0.2, 0.25) is 0 Å². The fourth-order valence-electron chi connectivity index (χ4n) is 3.63. The molecule has 1 N–H and O–H groups in total. The molecule has 0 radical (unpaired) electrons. The number of hydrogen-bond donors (Lipinski definition) is 1. The topological polar surface area (TPSA) is 84.3 Å². The zero-order valence-electron chi connectivity index (χ0n) is 16.8. The van der Waals surface area contributed by atoms with Crippen LogP contribution >= 0.6 is 11.3 Å². The van der Waals surface area contributed by atoms with Crippen LogP contribution in [0.4, 0.5) is 0 Å². The number of rotatable bonds is 6. The highest BCUT2D eigenvalue weighted by molar-refractivity contribution is 7.18. The normalized spacial score (nSPS) is 17.1. The maximum absolute atomic E-state index is 12.6. The smallest absolute Gasteiger partial charge is 0.262 e. The molecule has 1 aliphatic rings. The summed E-state index contributed by atoms with van der Waals surface area (Å²) in [6, 6.07) is 0. The number of fused-ring (bicyclic) bond motifs is 1. The van der Waals surface area contributed by atoms with Gasteiger partial charge in [-0.2, -0.15) is 0 Å². The number of aryl methyl sites for hydroxylation is 2. The zero-order chi connectivity index (χ0) is 20.3. The molecular formula is C20H28N4O3S. The predicted octanol–water partition coefficient (Wildman–Crippen LogP) is 2.23. The highest BCUT2D eigenvalue weighted by Gasteiger charge is 2.20. The van der Waals surface area contributed by atoms with Crippen molar-refractivity contribution < 1.29 is 9.59 Å². The summed E-state index contributed by atoms with van der Waals surface area (Å²) in [6.07, 6.45) is 4.73. The van der Waals surface area contributed by atoms with Crippen molar-refractivity contribution >= 4 is 33.4 Å². The Labute approximate surface area is 168 Å². The van der Waals surface area contributed by atoms with Crippen LogP contribution in [0.1, 0.15) is 43.0 Å². The summed E-state index contributed by atoms with van der Waals surface area (Å²) in [5.41, 5.74) is 0.745. The lowest BCUT2D eigenvalue weighted by Gasteiger charge is -2.31. The van der Waals surface area contributed by atoms with Crippen molar-refractivity contribution in [1.29, 1.82) is 0 Å². The van der Waals surface area contributed by atoms with Gasteiger partial charge in [0.25, 0.3) is 5.56 Å². The van der Waals surface area contributed by atoms with Crippen molar-refractivity contribution in [3.8, 4) is 0 Å². The van der Waals surface area contributed by atoms with E-state index >= 15 is 0 Å². The van der Waals surface area contributed by atoms with Crippen molar-refractivity contribution in [2.75, 3.05) is 19.6 Å². The van der Waals surface area contributed by atoms with Crippen LogP contribution in [0, 0.1) is 19.8 Å². The number of amides is 2. The van der Waals surface area contributed by atoms with Gasteiger partial charge in [0.2, 0.25) is 11.8 Å². The Kier molecular flexibility index (Phi) is 6.49. The maximum Gasteiger partial charge on any atom is 0.262 e.